The number of benzene rings is 2. The maximum absolute atomic E-state index is 12.6. The van der Waals surface area contributed by atoms with Gasteiger partial charge in [-0.15, -0.1) is 0 Å². The first-order valence-electron chi connectivity index (χ1n) is 11.6. The molecule has 0 aromatic heterocycles. The molecule has 0 saturated heterocycles. The van der Waals surface area contributed by atoms with E-state index >= 15 is 0 Å². The molecule has 0 spiro atoms. The van der Waals surface area contributed by atoms with E-state index in [1.807, 2.05) is 54.4 Å². The number of nitrogens with one attached hydrogen (secondary N) is 1. The molecule has 3 N–H and O–H groups in total. The van der Waals surface area contributed by atoms with Crippen LogP contribution in [0.3, 0.4) is 0 Å². The number of amides is 2. The van der Waals surface area contributed by atoms with Gasteiger partial charge in [0.15, 0.2) is 0 Å². The smallest absolute Gasteiger partial charge is 0.226 e. The zero-order valence-corrected chi connectivity index (χ0v) is 19.0. The van der Waals surface area contributed by atoms with Crippen molar-refractivity contribution in [3.05, 3.63) is 77.4 Å². The molecular weight excluding hydrogens is 398 g/mol. The molecule has 2 aromatic rings. The van der Waals surface area contributed by atoms with Crippen LogP contribution in [0.4, 0.5) is 0 Å². The molecule has 5 heteroatoms. The molecule has 2 aromatic carbocycles. The van der Waals surface area contributed by atoms with E-state index in [0.29, 0.717) is 31.3 Å². The molecule has 32 heavy (non-hydrogen) atoms. The van der Waals surface area contributed by atoms with Gasteiger partial charge >= 0.3 is 0 Å². The maximum Gasteiger partial charge on any atom is 0.226 e. The average molecular weight is 434 g/mol. The highest BCUT2D eigenvalue weighted by atomic mass is 16.2. The fourth-order valence-corrected chi connectivity index (χ4v) is 4.36. The Morgan fingerprint density at radius 3 is 2.38 bits per heavy atom. The van der Waals surface area contributed by atoms with Crippen LogP contribution in [-0.2, 0) is 16.1 Å². The first-order chi connectivity index (χ1) is 15.5. The zero-order valence-electron chi connectivity index (χ0n) is 19.0. The summed E-state index contributed by atoms with van der Waals surface area (Å²) in [5.41, 5.74) is 8.87. The fourth-order valence-electron chi connectivity index (χ4n) is 4.36. The van der Waals surface area contributed by atoms with Crippen LogP contribution >= 0.6 is 0 Å². The highest BCUT2D eigenvalue weighted by Gasteiger charge is 2.26. The third-order valence-corrected chi connectivity index (χ3v) is 6.37. The van der Waals surface area contributed by atoms with Crippen molar-refractivity contribution in [2.24, 2.45) is 5.73 Å². The maximum atomic E-state index is 12.6. The molecule has 0 atom stereocenters. The van der Waals surface area contributed by atoms with Gasteiger partial charge in [-0.1, -0.05) is 66.7 Å². The third-order valence-electron chi connectivity index (χ3n) is 6.37. The van der Waals surface area contributed by atoms with Crippen LogP contribution in [-0.4, -0.2) is 36.3 Å². The molecular formula is C27H35N3O2. The van der Waals surface area contributed by atoms with Crippen LogP contribution in [0.2, 0.25) is 0 Å². The van der Waals surface area contributed by atoms with Gasteiger partial charge in [-0.3, -0.25) is 9.59 Å². The van der Waals surface area contributed by atoms with Crippen molar-refractivity contribution in [2.45, 2.75) is 57.0 Å². The molecule has 1 saturated carbocycles. The molecule has 1 aliphatic carbocycles. The molecule has 170 valence electrons. The second-order valence-corrected chi connectivity index (χ2v) is 8.66. The monoisotopic (exact) mass is 433 g/mol. The number of carbonyl (C=O) groups excluding carboxylic acids is 2. The number of nitrogens with two attached hydrogens (primary N) is 1. The van der Waals surface area contributed by atoms with Crippen LogP contribution < -0.4 is 11.1 Å². The van der Waals surface area contributed by atoms with Crippen molar-refractivity contribution in [2.75, 3.05) is 13.6 Å². The lowest BCUT2D eigenvalue weighted by Crippen LogP contribution is -2.38. The summed E-state index contributed by atoms with van der Waals surface area (Å²) in [6.07, 6.45) is 9.10. The van der Waals surface area contributed by atoms with E-state index in [1.54, 1.807) is 0 Å². The molecule has 5 nitrogen and oxygen atoms in total. The number of hydrogen-bond acceptors (Lipinski definition) is 3. The van der Waals surface area contributed by atoms with Crippen molar-refractivity contribution in [3.8, 4) is 0 Å². The van der Waals surface area contributed by atoms with Gasteiger partial charge in [-0.25, -0.2) is 0 Å². The molecule has 0 radical (unpaired) electrons. The van der Waals surface area contributed by atoms with Gasteiger partial charge in [-0.2, -0.15) is 0 Å². The summed E-state index contributed by atoms with van der Waals surface area (Å²) in [4.78, 5) is 25.4. The minimum atomic E-state index is -0.278. The molecule has 1 fully saturated rings. The Morgan fingerprint density at radius 2 is 1.72 bits per heavy atom. The van der Waals surface area contributed by atoms with Gasteiger partial charge in [0.1, 0.15) is 0 Å². The van der Waals surface area contributed by atoms with Crippen LogP contribution in [0.15, 0.2) is 60.7 Å². The summed E-state index contributed by atoms with van der Waals surface area (Å²) >= 11 is 0. The summed E-state index contributed by atoms with van der Waals surface area (Å²) in [5, 5.41) is 3.24. The Hall–Kier alpha value is -2.92. The van der Waals surface area contributed by atoms with Gasteiger partial charge < -0.3 is 16.0 Å². The van der Waals surface area contributed by atoms with E-state index < -0.39 is 0 Å². The zero-order chi connectivity index (χ0) is 22.8. The van der Waals surface area contributed by atoms with Crippen LogP contribution in [0.1, 0.15) is 61.1 Å². The SMILES string of the molecule is CN(C(=O)C/C=C/c1ccccc1)C1CCC(c2ccc(CNCCC(N)=O)cc2)CC1. The van der Waals surface area contributed by atoms with E-state index in [0.717, 1.165) is 37.8 Å². The average Bonchev–Trinajstić information content (AvgIpc) is 2.82. The Labute approximate surface area is 191 Å². The molecule has 2 amide bonds. The molecule has 0 bridgehead atoms. The van der Waals surface area contributed by atoms with E-state index in [-0.39, 0.29) is 11.8 Å². The van der Waals surface area contributed by atoms with Gasteiger partial charge in [0, 0.05) is 39.0 Å². The Morgan fingerprint density at radius 1 is 1.03 bits per heavy atom. The number of primary amides is 1. The van der Waals surface area contributed by atoms with Gasteiger partial charge in [0.05, 0.1) is 0 Å². The molecule has 3 rings (SSSR count). The Bertz CT molecular complexity index is 885. The predicted octanol–water partition coefficient (Wildman–Crippen LogP) is 4.24. The van der Waals surface area contributed by atoms with E-state index in [1.165, 1.54) is 11.1 Å². The number of hydrogen-bond donors (Lipinski definition) is 2. The van der Waals surface area contributed by atoms with E-state index in [4.69, 9.17) is 5.73 Å². The fraction of sp³-hybridized carbons (Fsp3) is 0.407. The Kier molecular flexibility index (Phi) is 9.05. The molecule has 1 aliphatic rings. The minimum Gasteiger partial charge on any atom is -0.370 e. The summed E-state index contributed by atoms with van der Waals surface area (Å²) in [6, 6.07) is 19.2. The summed E-state index contributed by atoms with van der Waals surface area (Å²) < 4.78 is 0. The molecule has 0 heterocycles. The second kappa shape index (κ2) is 12.2. The van der Waals surface area contributed by atoms with E-state index in [2.05, 4.69) is 29.6 Å². The van der Waals surface area contributed by atoms with Crippen molar-refractivity contribution < 1.29 is 9.59 Å². The normalized spacial score (nSPS) is 18.5. The van der Waals surface area contributed by atoms with Crippen molar-refractivity contribution in [1.82, 2.24) is 10.2 Å². The van der Waals surface area contributed by atoms with Gasteiger partial charge in [0.25, 0.3) is 0 Å². The second-order valence-electron chi connectivity index (χ2n) is 8.66. The lowest BCUT2D eigenvalue weighted by atomic mass is 9.81. The quantitative estimate of drug-likeness (QED) is 0.550. The first kappa shape index (κ1) is 23.7. The van der Waals surface area contributed by atoms with Crippen molar-refractivity contribution >= 4 is 17.9 Å². The molecule has 0 unspecified atom stereocenters. The predicted molar refractivity (Wildman–Crippen MR) is 130 cm³/mol. The highest BCUT2D eigenvalue weighted by Crippen LogP contribution is 2.34. The van der Waals surface area contributed by atoms with Gasteiger partial charge in [0.2, 0.25) is 11.8 Å². The lowest BCUT2D eigenvalue weighted by molar-refractivity contribution is -0.131. The standard InChI is InChI=1S/C27H35N3O2/c1-30(27(32)9-5-8-21-6-3-2-4-7-21)25-16-14-24(15-17-25)23-12-10-22(11-13-23)20-29-19-18-26(28)31/h2-8,10-13,24-25,29H,9,14-20H2,1H3,(H2,28,31)/b8-5+. The largest absolute Gasteiger partial charge is 0.370 e. The highest BCUT2D eigenvalue weighted by molar-refractivity contribution is 5.78. The number of nitrogens with zero attached hydrogens (tertiary/aromatic N) is 1. The van der Waals surface area contributed by atoms with Crippen LogP contribution in [0.25, 0.3) is 6.08 Å². The van der Waals surface area contributed by atoms with Gasteiger partial charge in [-0.05, 0) is 48.3 Å². The van der Waals surface area contributed by atoms with Crippen molar-refractivity contribution in [3.63, 3.8) is 0 Å². The van der Waals surface area contributed by atoms with Crippen LogP contribution in [0, 0.1) is 0 Å². The van der Waals surface area contributed by atoms with E-state index in [9.17, 15) is 9.59 Å². The summed E-state index contributed by atoms with van der Waals surface area (Å²) in [6.45, 7) is 1.35. The van der Waals surface area contributed by atoms with Crippen molar-refractivity contribution in [1.29, 1.82) is 0 Å². The van der Waals surface area contributed by atoms with Crippen LogP contribution in [0.5, 0.6) is 0 Å². The molecule has 0 aliphatic heterocycles. The minimum absolute atomic E-state index is 0.189. The number of carbonyl (C=O) groups is 2. The lowest BCUT2D eigenvalue weighted by Gasteiger charge is -2.35. The Balaban J connectivity index is 1.41. The number of rotatable bonds is 10. The first-order valence-corrected chi connectivity index (χ1v) is 11.6. The summed E-state index contributed by atoms with van der Waals surface area (Å²) in [7, 11) is 1.95. The topological polar surface area (TPSA) is 75.4 Å². The third kappa shape index (κ3) is 7.34. The summed E-state index contributed by atoms with van der Waals surface area (Å²) in [5.74, 6) is 0.470.